The average molecular weight is 445 g/mol. The number of benzene rings is 3. The van der Waals surface area contributed by atoms with Gasteiger partial charge >= 0.3 is 0 Å². The quantitative estimate of drug-likeness (QED) is 0.392. The summed E-state index contributed by atoms with van der Waals surface area (Å²) in [4.78, 5) is 12.5. The fourth-order valence-corrected chi connectivity index (χ4v) is 3.93. The molecule has 4 rings (SSSR count). The van der Waals surface area contributed by atoms with E-state index >= 15 is 0 Å². The van der Waals surface area contributed by atoms with Crippen LogP contribution in [-0.2, 0) is 4.79 Å². The summed E-state index contributed by atoms with van der Waals surface area (Å²) in [6, 6.07) is 23.6. The first-order valence-electron chi connectivity index (χ1n) is 10.2. The van der Waals surface area contributed by atoms with Gasteiger partial charge in [0.25, 0.3) is 0 Å². The number of amides is 1. The van der Waals surface area contributed by atoms with Gasteiger partial charge in [-0.15, -0.1) is 10.2 Å². The Balaban J connectivity index is 1.56. The average Bonchev–Trinajstić information content (AvgIpc) is 3.23. The highest BCUT2D eigenvalue weighted by Crippen LogP contribution is 2.28. The highest BCUT2D eigenvalue weighted by Gasteiger charge is 2.17. The van der Waals surface area contributed by atoms with Crippen LogP contribution in [-0.4, -0.2) is 33.5 Å². The van der Waals surface area contributed by atoms with Gasteiger partial charge in [0.15, 0.2) is 11.0 Å². The number of hydrogen-bond donors (Lipinski definition) is 1. The number of hydrogen-bond acceptors (Lipinski definition) is 5. The summed E-state index contributed by atoms with van der Waals surface area (Å²) >= 11 is 1.35. The van der Waals surface area contributed by atoms with Crippen LogP contribution < -0.4 is 10.1 Å². The third-order valence-corrected chi connectivity index (χ3v) is 5.87. The maximum absolute atomic E-state index is 12.5. The standard InChI is InChI=1S/C25H24N4O2S/c1-17-4-8-19(9-5-17)24-27-28-25(29(24)21-12-6-18(2)7-13-21)32-16-23(30)26-20-10-14-22(31-3)15-11-20/h4-15H,16H2,1-3H3,(H,26,30). The van der Waals surface area contributed by atoms with Crippen LogP contribution in [0, 0.1) is 13.8 Å². The first-order chi connectivity index (χ1) is 15.5. The molecular weight excluding hydrogens is 420 g/mol. The van der Waals surface area contributed by atoms with E-state index in [9.17, 15) is 4.79 Å². The molecule has 0 spiro atoms. The lowest BCUT2D eigenvalue weighted by Gasteiger charge is -2.11. The maximum atomic E-state index is 12.5. The molecule has 0 saturated heterocycles. The summed E-state index contributed by atoms with van der Waals surface area (Å²) in [6.45, 7) is 4.10. The molecule has 4 aromatic rings. The van der Waals surface area contributed by atoms with E-state index in [1.165, 1.54) is 22.9 Å². The van der Waals surface area contributed by atoms with E-state index in [2.05, 4.69) is 53.6 Å². The van der Waals surface area contributed by atoms with Crippen molar-refractivity contribution in [3.05, 3.63) is 83.9 Å². The SMILES string of the molecule is COc1ccc(NC(=O)CSc2nnc(-c3ccc(C)cc3)n2-c2ccc(C)cc2)cc1. The second-order valence-electron chi connectivity index (χ2n) is 7.41. The number of aromatic nitrogens is 3. The first kappa shape index (κ1) is 21.6. The lowest BCUT2D eigenvalue weighted by molar-refractivity contribution is -0.113. The number of ether oxygens (including phenoxy) is 1. The largest absolute Gasteiger partial charge is 0.497 e. The van der Waals surface area contributed by atoms with Crippen LogP contribution in [0.3, 0.4) is 0 Å². The van der Waals surface area contributed by atoms with Crippen molar-refractivity contribution < 1.29 is 9.53 Å². The van der Waals surface area contributed by atoms with Gasteiger partial charge in [-0.05, 0) is 50.2 Å². The third kappa shape index (κ3) is 5.00. The summed E-state index contributed by atoms with van der Waals surface area (Å²) in [5.41, 5.74) is 5.00. The smallest absolute Gasteiger partial charge is 0.234 e. The number of nitrogens with one attached hydrogen (secondary N) is 1. The van der Waals surface area contributed by atoms with Gasteiger partial charge in [0, 0.05) is 16.9 Å². The van der Waals surface area contributed by atoms with Crippen LogP contribution in [0.1, 0.15) is 11.1 Å². The summed E-state index contributed by atoms with van der Waals surface area (Å²) in [5, 5.41) is 12.4. The van der Waals surface area contributed by atoms with Gasteiger partial charge in [0.1, 0.15) is 5.75 Å². The minimum Gasteiger partial charge on any atom is -0.497 e. The molecule has 1 aromatic heterocycles. The summed E-state index contributed by atoms with van der Waals surface area (Å²) in [7, 11) is 1.61. The Morgan fingerprint density at radius 3 is 2.16 bits per heavy atom. The van der Waals surface area contributed by atoms with Crippen LogP contribution >= 0.6 is 11.8 Å². The molecule has 6 nitrogen and oxygen atoms in total. The van der Waals surface area contributed by atoms with E-state index in [4.69, 9.17) is 4.74 Å². The minimum atomic E-state index is -0.115. The van der Waals surface area contributed by atoms with Crippen molar-refractivity contribution in [3.8, 4) is 22.8 Å². The zero-order chi connectivity index (χ0) is 22.5. The van der Waals surface area contributed by atoms with E-state index in [1.807, 2.05) is 53.1 Å². The molecule has 1 amide bonds. The van der Waals surface area contributed by atoms with Crippen molar-refractivity contribution in [2.24, 2.45) is 0 Å². The van der Waals surface area contributed by atoms with Gasteiger partial charge in [-0.25, -0.2) is 0 Å². The molecule has 0 radical (unpaired) electrons. The lowest BCUT2D eigenvalue weighted by Crippen LogP contribution is -2.14. The molecule has 1 N–H and O–H groups in total. The molecule has 0 saturated carbocycles. The Morgan fingerprint density at radius 2 is 1.53 bits per heavy atom. The third-order valence-electron chi connectivity index (χ3n) is 4.94. The number of carbonyl (C=O) groups is 1. The van der Waals surface area contributed by atoms with Crippen molar-refractivity contribution in [3.63, 3.8) is 0 Å². The Morgan fingerprint density at radius 1 is 0.906 bits per heavy atom. The maximum Gasteiger partial charge on any atom is 0.234 e. The van der Waals surface area contributed by atoms with Crippen LogP contribution in [0.5, 0.6) is 5.75 Å². The molecule has 0 aliphatic rings. The van der Waals surface area contributed by atoms with E-state index in [0.29, 0.717) is 5.16 Å². The van der Waals surface area contributed by atoms with Crippen molar-refractivity contribution in [2.45, 2.75) is 19.0 Å². The molecule has 0 atom stereocenters. The van der Waals surface area contributed by atoms with Gasteiger partial charge in [-0.1, -0.05) is 59.3 Å². The van der Waals surface area contributed by atoms with Gasteiger partial charge < -0.3 is 10.1 Å². The molecule has 32 heavy (non-hydrogen) atoms. The predicted octanol–water partition coefficient (Wildman–Crippen LogP) is 5.29. The molecule has 7 heteroatoms. The Kier molecular flexibility index (Phi) is 6.56. The summed E-state index contributed by atoms with van der Waals surface area (Å²) in [5.74, 6) is 1.58. The monoisotopic (exact) mass is 444 g/mol. The molecule has 1 heterocycles. The van der Waals surface area contributed by atoms with E-state index in [0.717, 1.165) is 28.5 Å². The highest BCUT2D eigenvalue weighted by molar-refractivity contribution is 7.99. The number of methoxy groups -OCH3 is 1. The van der Waals surface area contributed by atoms with E-state index < -0.39 is 0 Å². The second kappa shape index (κ2) is 9.70. The lowest BCUT2D eigenvalue weighted by atomic mass is 10.1. The molecule has 0 fully saturated rings. The minimum absolute atomic E-state index is 0.115. The Hall–Kier alpha value is -3.58. The van der Waals surface area contributed by atoms with Crippen LogP contribution in [0.25, 0.3) is 17.1 Å². The van der Waals surface area contributed by atoms with Gasteiger partial charge in [0.05, 0.1) is 12.9 Å². The predicted molar refractivity (Wildman–Crippen MR) is 129 cm³/mol. The Bertz CT molecular complexity index is 1200. The second-order valence-corrected chi connectivity index (χ2v) is 8.35. The van der Waals surface area contributed by atoms with Gasteiger partial charge in [0.2, 0.25) is 5.91 Å². The van der Waals surface area contributed by atoms with Crippen molar-refractivity contribution >= 4 is 23.4 Å². The number of thioether (sulfide) groups is 1. The van der Waals surface area contributed by atoms with Gasteiger partial charge in [-0.2, -0.15) is 0 Å². The zero-order valence-corrected chi connectivity index (χ0v) is 19.0. The molecule has 0 aliphatic carbocycles. The number of anilines is 1. The normalized spacial score (nSPS) is 10.7. The number of carbonyl (C=O) groups excluding carboxylic acids is 1. The number of rotatable bonds is 7. The van der Waals surface area contributed by atoms with Crippen LogP contribution in [0.2, 0.25) is 0 Å². The van der Waals surface area contributed by atoms with Gasteiger partial charge in [-0.3, -0.25) is 9.36 Å². The topological polar surface area (TPSA) is 69.0 Å². The summed E-state index contributed by atoms with van der Waals surface area (Å²) in [6.07, 6.45) is 0. The number of nitrogens with zero attached hydrogens (tertiary/aromatic N) is 3. The first-order valence-corrected chi connectivity index (χ1v) is 11.2. The zero-order valence-electron chi connectivity index (χ0n) is 18.2. The van der Waals surface area contributed by atoms with E-state index in [1.54, 1.807) is 7.11 Å². The summed E-state index contributed by atoms with van der Waals surface area (Å²) < 4.78 is 7.15. The van der Waals surface area contributed by atoms with Crippen LogP contribution in [0.15, 0.2) is 78.0 Å². The molecular formula is C25H24N4O2S. The molecule has 0 aliphatic heterocycles. The van der Waals surface area contributed by atoms with Crippen molar-refractivity contribution in [1.82, 2.24) is 14.8 Å². The molecule has 3 aromatic carbocycles. The van der Waals surface area contributed by atoms with Crippen molar-refractivity contribution in [2.75, 3.05) is 18.2 Å². The molecule has 0 bridgehead atoms. The highest BCUT2D eigenvalue weighted by atomic mass is 32.2. The Labute approximate surface area is 191 Å². The van der Waals surface area contributed by atoms with Crippen LogP contribution in [0.4, 0.5) is 5.69 Å². The molecule has 0 unspecified atom stereocenters. The van der Waals surface area contributed by atoms with E-state index in [-0.39, 0.29) is 11.7 Å². The fraction of sp³-hybridized carbons (Fsp3) is 0.160. The number of aryl methyl sites for hydroxylation is 2. The van der Waals surface area contributed by atoms with Crippen molar-refractivity contribution in [1.29, 1.82) is 0 Å². The fourth-order valence-electron chi connectivity index (χ4n) is 3.18. The molecule has 162 valence electrons.